The third kappa shape index (κ3) is 2.32. The molecule has 0 spiro atoms. The predicted molar refractivity (Wildman–Crippen MR) is 80.7 cm³/mol. The van der Waals surface area contributed by atoms with Crippen LogP contribution in [0.3, 0.4) is 0 Å². The van der Waals surface area contributed by atoms with E-state index in [0.29, 0.717) is 11.5 Å². The molecule has 0 aliphatic rings. The van der Waals surface area contributed by atoms with Gasteiger partial charge in [0.2, 0.25) is 5.89 Å². The van der Waals surface area contributed by atoms with Crippen molar-refractivity contribution in [2.75, 3.05) is 7.11 Å². The molecule has 0 aliphatic carbocycles. The van der Waals surface area contributed by atoms with Gasteiger partial charge in [0.15, 0.2) is 5.58 Å². The average Bonchev–Trinajstić information content (AvgIpc) is 2.91. The third-order valence-electron chi connectivity index (χ3n) is 2.88. The van der Waals surface area contributed by atoms with Crippen LogP contribution in [-0.2, 0) is 0 Å². The van der Waals surface area contributed by atoms with Gasteiger partial charge in [-0.25, -0.2) is 4.98 Å². The number of hydrogen-bond acceptors (Lipinski definition) is 5. The molecular formula is C15H10N2O2S. The first-order valence-corrected chi connectivity index (χ1v) is 6.34. The summed E-state index contributed by atoms with van der Waals surface area (Å²) in [6, 6.07) is 13.0. The Morgan fingerprint density at radius 3 is 2.70 bits per heavy atom. The number of aliphatic imine (C=N–C) groups is 1. The third-order valence-corrected chi connectivity index (χ3v) is 2.98. The number of fused-ring (bicyclic) bond motifs is 1. The lowest BCUT2D eigenvalue weighted by molar-refractivity contribution is 0.414. The fourth-order valence-electron chi connectivity index (χ4n) is 1.89. The Morgan fingerprint density at radius 1 is 1.20 bits per heavy atom. The lowest BCUT2D eigenvalue weighted by Crippen LogP contribution is -1.80. The van der Waals surface area contributed by atoms with Gasteiger partial charge in [0, 0.05) is 11.6 Å². The molecule has 0 aliphatic heterocycles. The van der Waals surface area contributed by atoms with Crippen LogP contribution in [0, 0.1) is 0 Å². The Labute approximate surface area is 120 Å². The van der Waals surface area contributed by atoms with Crippen LogP contribution in [-0.4, -0.2) is 17.3 Å². The Balaban J connectivity index is 2.02. The molecule has 4 nitrogen and oxygen atoms in total. The summed E-state index contributed by atoms with van der Waals surface area (Å²) in [7, 11) is 1.62. The topological polar surface area (TPSA) is 47.6 Å². The van der Waals surface area contributed by atoms with Crippen molar-refractivity contribution in [1.29, 1.82) is 0 Å². The van der Waals surface area contributed by atoms with Gasteiger partial charge in [-0.1, -0.05) is 0 Å². The van der Waals surface area contributed by atoms with Crippen molar-refractivity contribution in [2.24, 2.45) is 4.99 Å². The average molecular weight is 282 g/mol. The standard InChI is InChI=1S/C15H10N2O2S/c1-18-12-6-7-13-14(8-12)19-15(17-13)10-2-4-11(5-3-10)16-9-20/h2-8H,1H3. The summed E-state index contributed by atoms with van der Waals surface area (Å²) in [5, 5.41) is 2.33. The minimum Gasteiger partial charge on any atom is -0.497 e. The van der Waals surface area contributed by atoms with Crippen LogP contribution in [0.4, 0.5) is 5.69 Å². The quantitative estimate of drug-likeness (QED) is 0.532. The second-order valence-electron chi connectivity index (χ2n) is 4.10. The molecule has 98 valence electrons. The van der Waals surface area contributed by atoms with Crippen molar-refractivity contribution in [3.8, 4) is 17.2 Å². The molecule has 1 heterocycles. The lowest BCUT2D eigenvalue weighted by Gasteiger charge is -1.96. The number of hydrogen-bond donors (Lipinski definition) is 0. The largest absolute Gasteiger partial charge is 0.497 e. The van der Waals surface area contributed by atoms with E-state index in [9.17, 15) is 0 Å². The highest BCUT2D eigenvalue weighted by molar-refractivity contribution is 7.78. The summed E-state index contributed by atoms with van der Waals surface area (Å²) in [5.41, 5.74) is 3.12. The molecule has 0 atom stereocenters. The monoisotopic (exact) mass is 282 g/mol. The minimum absolute atomic E-state index is 0.561. The van der Waals surface area contributed by atoms with E-state index in [1.807, 2.05) is 42.5 Å². The second kappa shape index (κ2) is 5.25. The van der Waals surface area contributed by atoms with E-state index >= 15 is 0 Å². The zero-order valence-electron chi connectivity index (χ0n) is 10.7. The van der Waals surface area contributed by atoms with Gasteiger partial charge in [0.25, 0.3) is 0 Å². The molecule has 1 aromatic heterocycles. The summed E-state index contributed by atoms with van der Waals surface area (Å²) >= 11 is 4.57. The molecule has 3 aromatic rings. The number of thiocarbonyl (C=S) groups is 1. The Kier molecular flexibility index (Phi) is 3.29. The Hall–Kier alpha value is -2.49. The van der Waals surface area contributed by atoms with Crippen LogP contribution in [0.5, 0.6) is 5.75 Å². The molecule has 0 saturated heterocycles. The molecule has 2 aromatic carbocycles. The van der Waals surface area contributed by atoms with Gasteiger partial charge < -0.3 is 9.15 Å². The molecule has 0 saturated carbocycles. The number of methoxy groups -OCH3 is 1. The second-order valence-corrected chi connectivity index (χ2v) is 4.29. The van der Waals surface area contributed by atoms with Crippen LogP contribution in [0.2, 0.25) is 0 Å². The van der Waals surface area contributed by atoms with Crippen molar-refractivity contribution in [1.82, 2.24) is 4.98 Å². The Bertz CT molecular complexity index is 802. The van der Waals surface area contributed by atoms with E-state index in [1.165, 1.54) is 0 Å². The first kappa shape index (κ1) is 12.5. The molecule has 0 unspecified atom stereocenters. The van der Waals surface area contributed by atoms with E-state index in [0.717, 1.165) is 22.5 Å². The summed E-state index contributed by atoms with van der Waals surface area (Å²) in [6.07, 6.45) is 0. The molecule has 20 heavy (non-hydrogen) atoms. The van der Waals surface area contributed by atoms with Crippen molar-refractivity contribution in [3.05, 3.63) is 42.5 Å². The van der Waals surface area contributed by atoms with Gasteiger partial charge in [-0.15, -0.1) is 0 Å². The Morgan fingerprint density at radius 2 is 2.00 bits per heavy atom. The van der Waals surface area contributed by atoms with Crippen molar-refractivity contribution < 1.29 is 9.15 Å². The fourth-order valence-corrected chi connectivity index (χ4v) is 1.99. The van der Waals surface area contributed by atoms with E-state index < -0.39 is 0 Å². The highest BCUT2D eigenvalue weighted by atomic mass is 32.1. The summed E-state index contributed by atoms with van der Waals surface area (Å²) in [4.78, 5) is 8.35. The maximum Gasteiger partial charge on any atom is 0.227 e. The number of nitrogens with zero attached hydrogens (tertiary/aromatic N) is 2. The summed E-state index contributed by atoms with van der Waals surface area (Å²) in [6.45, 7) is 0. The molecule has 0 N–H and O–H groups in total. The molecule has 3 rings (SSSR count). The fraction of sp³-hybridized carbons (Fsp3) is 0.0667. The summed E-state index contributed by atoms with van der Waals surface area (Å²) < 4.78 is 10.9. The van der Waals surface area contributed by atoms with Crippen LogP contribution >= 0.6 is 12.2 Å². The number of benzene rings is 2. The van der Waals surface area contributed by atoms with Crippen LogP contribution < -0.4 is 4.74 Å². The van der Waals surface area contributed by atoms with Gasteiger partial charge in [-0.05, 0) is 48.6 Å². The van der Waals surface area contributed by atoms with E-state index in [4.69, 9.17) is 9.15 Å². The van der Waals surface area contributed by atoms with E-state index in [1.54, 1.807) is 7.11 Å². The van der Waals surface area contributed by atoms with Gasteiger partial charge in [0.1, 0.15) is 11.3 Å². The predicted octanol–water partition coefficient (Wildman–Crippen LogP) is 4.24. The molecule has 0 radical (unpaired) electrons. The van der Waals surface area contributed by atoms with E-state index in [-0.39, 0.29) is 0 Å². The number of isothiocyanates is 1. The van der Waals surface area contributed by atoms with Crippen LogP contribution in [0.25, 0.3) is 22.6 Å². The highest BCUT2D eigenvalue weighted by Crippen LogP contribution is 2.28. The first-order valence-electron chi connectivity index (χ1n) is 5.93. The molecule has 0 bridgehead atoms. The normalized spacial score (nSPS) is 10.2. The first-order chi connectivity index (χ1) is 9.80. The van der Waals surface area contributed by atoms with Gasteiger partial charge >= 0.3 is 0 Å². The molecule has 0 fully saturated rings. The lowest BCUT2D eigenvalue weighted by atomic mass is 10.2. The van der Waals surface area contributed by atoms with Gasteiger partial charge in [-0.2, -0.15) is 4.99 Å². The van der Waals surface area contributed by atoms with Gasteiger partial charge in [0.05, 0.1) is 18.0 Å². The zero-order chi connectivity index (χ0) is 13.9. The number of ether oxygens (including phenoxy) is 1. The van der Waals surface area contributed by atoms with Crippen molar-refractivity contribution >= 4 is 34.2 Å². The van der Waals surface area contributed by atoms with Gasteiger partial charge in [-0.3, -0.25) is 0 Å². The van der Waals surface area contributed by atoms with E-state index in [2.05, 4.69) is 27.4 Å². The minimum atomic E-state index is 0.561. The number of aromatic nitrogens is 1. The van der Waals surface area contributed by atoms with Crippen LogP contribution in [0.15, 0.2) is 51.9 Å². The molecule has 0 amide bonds. The summed E-state index contributed by atoms with van der Waals surface area (Å²) in [5.74, 6) is 1.30. The highest BCUT2D eigenvalue weighted by Gasteiger charge is 2.08. The molecule has 5 heteroatoms. The SMILES string of the molecule is COc1ccc2nc(-c3ccc(N=C=S)cc3)oc2c1. The number of oxazole rings is 1. The number of rotatable bonds is 3. The van der Waals surface area contributed by atoms with Crippen molar-refractivity contribution in [3.63, 3.8) is 0 Å². The zero-order valence-corrected chi connectivity index (χ0v) is 11.5. The molecular weight excluding hydrogens is 272 g/mol. The van der Waals surface area contributed by atoms with Crippen LogP contribution in [0.1, 0.15) is 0 Å². The smallest absolute Gasteiger partial charge is 0.227 e. The maximum atomic E-state index is 5.74. The van der Waals surface area contributed by atoms with Crippen molar-refractivity contribution in [2.45, 2.75) is 0 Å². The maximum absolute atomic E-state index is 5.74.